The first-order valence-corrected chi connectivity index (χ1v) is 6.38. The molecule has 0 aromatic heterocycles. The minimum Gasteiger partial charge on any atom is -0.381 e. The summed E-state index contributed by atoms with van der Waals surface area (Å²) in [6, 6.07) is 0.486. The fraction of sp³-hybridized carbons (Fsp3) is 1.00. The Morgan fingerprint density at radius 1 is 1.20 bits per heavy atom. The zero-order valence-corrected chi connectivity index (χ0v) is 9.40. The summed E-state index contributed by atoms with van der Waals surface area (Å²) in [4.78, 5) is 2.63. The van der Waals surface area contributed by atoms with Gasteiger partial charge in [0.1, 0.15) is 0 Å². The van der Waals surface area contributed by atoms with Crippen molar-refractivity contribution in [3.63, 3.8) is 0 Å². The molecule has 1 aliphatic carbocycles. The molecule has 3 heteroatoms. The Bertz CT molecular complexity index is 226. The number of rotatable bonds is 2. The van der Waals surface area contributed by atoms with E-state index < -0.39 is 0 Å². The van der Waals surface area contributed by atoms with E-state index in [2.05, 4.69) is 4.90 Å². The number of fused-ring (bicyclic) bond motifs is 1. The highest BCUT2D eigenvalue weighted by atomic mass is 16.5. The Morgan fingerprint density at radius 3 is 2.87 bits per heavy atom. The SMILES string of the molecule is NC1CCC2CN(CC3CCOC3)CC12. The molecule has 0 spiro atoms. The van der Waals surface area contributed by atoms with E-state index in [1.165, 1.54) is 38.9 Å². The molecule has 3 nitrogen and oxygen atoms in total. The van der Waals surface area contributed by atoms with E-state index in [4.69, 9.17) is 10.5 Å². The van der Waals surface area contributed by atoms with Gasteiger partial charge >= 0.3 is 0 Å². The Balaban J connectivity index is 1.53. The molecule has 3 fully saturated rings. The second-order valence-electron chi connectivity index (χ2n) is 5.61. The summed E-state index contributed by atoms with van der Waals surface area (Å²) in [7, 11) is 0. The second kappa shape index (κ2) is 4.04. The summed E-state index contributed by atoms with van der Waals surface area (Å²) in [5.74, 6) is 2.50. The van der Waals surface area contributed by atoms with Crippen molar-refractivity contribution in [2.24, 2.45) is 23.5 Å². The topological polar surface area (TPSA) is 38.5 Å². The van der Waals surface area contributed by atoms with Crippen LogP contribution in [0.4, 0.5) is 0 Å². The van der Waals surface area contributed by atoms with Crippen molar-refractivity contribution in [2.45, 2.75) is 25.3 Å². The average molecular weight is 210 g/mol. The largest absolute Gasteiger partial charge is 0.381 e. The van der Waals surface area contributed by atoms with Crippen LogP contribution >= 0.6 is 0 Å². The normalized spacial score (nSPS) is 46.2. The van der Waals surface area contributed by atoms with E-state index in [0.717, 1.165) is 31.0 Å². The van der Waals surface area contributed by atoms with Crippen molar-refractivity contribution in [1.29, 1.82) is 0 Å². The zero-order valence-electron chi connectivity index (χ0n) is 9.40. The summed E-state index contributed by atoms with van der Waals surface area (Å²) in [6.07, 6.45) is 3.89. The molecular formula is C12H22N2O. The van der Waals surface area contributed by atoms with Gasteiger partial charge in [-0.1, -0.05) is 0 Å². The number of hydrogen-bond donors (Lipinski definition) is 1. The van der Waals surface area contributed by atoms with Crippen LogP contribution in [-0.4, -0.2) is 43.8 Å². The van der Waals surface area contributed by atoms with Crippen LogP contribution < -0.4 is 5.73 Å². The Hall–Kier alpha value is -0.120. The maximum atomic E-state index is 6.14. The van der Waals surface area contributed by atoms with Crippen LogP contribution in [0.15, 0.2) is 0 Å². The maximum Gasteiger partial charge on any atom is 0.0507 e. The van der Waals surface area contributed by atoms with Gasteiger partial charge in [0.2, 0.25) is 0 Å². The summed E-state index contributed by atoms with van der Waals surface area (Å²) >= 11 is 0. The molecule has 2 aliphatic heterocycles. The highest BCUT2D eigenvalue weighted by Gasteiger charge is 2.41. The monoisotopic (exact) mass is 210 g/mol. The molecule has 1 saturated carbocycles. The molecule has 0 aromatic rings. The molecule has 0 bridgehead atoms. The van der Waals surface area contributed by atoms with Crippen molar-refractivity contribution < 1.29 is 4.74 Å². The zero-order chi connectivity index (χ0) is 10.3. The molecule has 0 amide bonds. The molecule has 3 rings (SSSR count). The third-order valence-corrected chi connectivity index (χ3v) is 4.53. The third-order valence-electron chi connectivity index (χ3n) is 4.53. The molecule has 2 heterocycles. The smallest absolute Gasteiger partial charge is 0.0507 e. The standard InChI is InChI=1S/C12H22N2O/c13-12-2-1-10-6-14(7-11(10)12)5-9-3-4-15-8-9/h9-12H,1-8,13H2. The van der Waals surface area contributed by atoms with Gasteiger partial charge < -0.3 is 15.4 Å². The molecule has 2 saturated heterocycles. The van der Waals surface area contributed by atoms with E-state index in [1.54, 1.807) is 0 Å². The van der Waals surface area contributed by atoms with Crippen molar-refractivity contribution in [3.05, 3.63) is 0 Å². The summed E-state index contributed by atoms with van der Waals surface area (Å²) < 4.78 is 5.43. The highest BCUT2D eigenvalue weighted by Crippen LogP contribution is 2.37. The quantitative estimate of drug-likeness (QED) is 0.729. The van der Waals surface area contributed by atoms with Crippen molar-refractivity contribution in [1.82, 2.24) is 4.90 Å². The lowest BCUT2D eigenvalue weighted by Crippen LogP contribution is -2.32. The van der Waals surface area contributed by atoms with Gasteiger partial charge in [-0.3, -0.25) is 0 Å². The van der Waals surface area contributed by atoms with Gasteiger partial charge in [-0.25, -0.2) is 0 Å². The molecule has 4 atom stereocenters. The first-order valence-electron chi connectivity index (χ1n) is 6.38. The van der Waals surface area contributed by atoms with Crippen molar-refractivity contribution in [3.8, 4) is 0 Å². The van der Waals surface area contributed by atoms with Crippen molar-refractivity contribution in [2.75, 3.05) is 32.8 Å². The third kappa shape index (κ3) is 1.93. The fourth-order valence-electron chi connectivity index (χ4n) is 3.64. The van der Waals surface area contributed by atoms with Crippen LogP contribution in [0.25, 0.3) is 0 Å². The minimum atomic E-state index is 0.486. The van der Waals surface area contributed by atoms with Crippen LogP contribution in [0, 0.1) is 17.8 Å². The molecule has 3 aliphatic rings. The molecule has 0 aromatic carbocycles. The lowest BCUT2D eigenvalue weighted by molar-refractivity contribution is 0.171. The molecule has 4 unspecified atom stereocenters. The van der Waals surface area contributed by atoms with Gasteiger partial charge in [0.05, 0.1) is 6.61 Å². The number of hydrogen-bond acceptors (Lipinski definition) is 3. The van der Waals surface area contributed by atoms with Gasteiger partial charge in [0.25, 0.3) is 0 Å². The summed E-state index contributed by atoms with van der Waals surface area (Å²) in [6.45, 7) is 5.76. The number of ether oxygens (including phenoxy) is 1. The highest BCUT2D eigenvalue weighted by molar-refractivity contribution is 4.95. The summed E-state index contributed by atoms with van der Waals surface area (Å²) in [5, 5.41) is 0. The minimum absolute atomic E-state index is 0.486. The number of likely N-dealkylation sites (tertiary alicyclic amines) is 1. The molecule has 86 valence electrons. The Labute approximate surface area is 91.9 Å². The maximum absolute atomic E-state index is 6.14. The lowest BCUT2D eigenvalue weighted by Gasteiger charge is -2.21. The van der Waals surface area contributed by atoms with Gasteiger partial charge in [-0.05, 0) is 37.0 Å². The van der Waals surface area contributed by atoms with Crippen LogP contribution in [0.2, 0.25) is 0 Å². The van der Waals surface area contributed by atoms with Crippen molar-refractivity contribution >= 4 is 0 Å². The molecule has 0 radical (unpaired) electrons. The predicted molar refractivity (Wildman–Crippen MR) is 59.6 cm³/mol. The second-order valence-corrected chi connectivity index (χ2v) is 5.61. The first-order chi connectivity index (χ1) is 7.33. The average Bonchev–Trinajstić information content (AvgIpc) is 2.88. The van der Waals surface area contributed by atoms with E-state index in [1.807, 2.05) is 0 Å². The van der Waals surface area contributed by atoms with E-state index in [-0.39, 0.29) is 0 Å². The van der Waals surface area contributed by atoms with Crippen LogP contribution in [0.1, 0.15) is 19.3 Å². The van der Waals surface area contributed by atoms with E-state index >= 15 is 0 Å². The number of nitrogens with two attached hydrogens (primary N) is 1. The van der Waals surface area contributed by atoms with E-state index in [9.17, 15) is 0 Å². The molecular weight excluding hydrogens is 188 g/mol. The van der Waals surface area contributed by atoms with Gasteiger partial charge in [-0.15, -0.1) is 0 Å². The van der Waals surface area contributed by atoms with E-state index in [0.29, 0.717) is 6.04 Å². The number of nitrogens with zero attached hydrogens (tertiary/aromatic N) is 1. The van der Waals surface area contributed by atoms with Crippen LogP contribution in [0.3, 0.4) is 0 Å². The van der Waals surface area contributed by atoms with Crippen LogP contribution in [0.5, 0.6) is 0 Å². The van der Waals surface area contributed by atoms with Gasteiger partial charge in [0, 0.05) is 32.3 Å². The summed E-state index contributed by atoms with van der Waals surface area (Å²) in [5.41, 5.74) is 6.14. The van der Waals surface area contributed by atoms with Crippen LogP contribution in [-0.2, 0) is 4.74 Å². The Kier molecular flexibility index (Phi) is 2.71. The fourth-order valence-corrected chi connectivity index (χ4v) is 3.64. The predicted octanol–water partition coefficient (Wildman–Crippen LogP) is 0.692. The molecule has 15 heavy (non-hydrogen) atoms. The van der Waals surface area contributed by atoms with Gasteiger partial charge in [-0.2, -0.15) is 0 Å². The van der Waals surface area contributed by atoms with Gasteiger partial charge in [0.15, 0.2) is 0 Å². The molecule has 2 N–H and O–H groups in total. The lowest BCUT2D eigenvalue weighted by atomic mass is 9.98. The Morgan fingerprint density at radius 2 is 2.13 bits per heavy atom. The first kappa shape index (κ1) is 10.1.